The Bertz CT molecular complexity index is 198. The molecule has 0 atom stereocenters. The fourth-order valence-corrected chi connectivity index (χ4v) is 0.867. The van der Waals surface area contributed by atoms with Gasteiger partial charge in [0.05, 0.1) is 10.7 Å². The molecule has 0 aliphatic carbocycles. The van der Waals surface area contributed by atoms with Crippen LogP contribution in [0.4, 0.5) is 5.82 Å². The largest absolute Gasteiger partial charge is 0.225 e. The lowest BCUT2D eigenvalue weighted by Gasteiger charge is -1.69. The first-order chi connectivity index (χ1) is 3.93. The molecule has 4 heteroatoms. The Morgan fingerprint density at radius 3 is 3.25 bits per heavy atom. The highest BCUT2D eigenvalue weighted by Gasteiger charge is 1.83. The molecule has 0 aliphatic heterocycles. The van der Waals surface area contributed by atoms with Gasteiger partial charge < -0.3 is 0 Å². The molecule has 0 saturated carbocycles. The van der Waals surface area contributed by atoms with E-state index in [1.54, 1.807) is 10.9 Å². The zero-order chi connectivity index (χ0) is 5.82. The van der Waals surface area contributed by atoms with Crippen LogP contribution in [-0.4, -0.2) is 10.1 Å². The van der Waals surface area contributed by atoms with E-state index < -0.39 is 0 Å². The number of hydrogen-bond donors (Lipinski definition) is 0. The molecule has 0 radical (unpaired) electrons. The third-order valence-corrected chi connectivity index (χ3v) is 1.24. The zero-order valence-corrected chi connectivity index (χ0v) is 5.50. The smallest absolute Gasteiger partial charge is 0.173 e. The second-order valence-electron chi connectivity index (χ2n) is 1.05. The van der Waals surface area contributed by atoms with Gasteiger partial charge in [-0.2, -0.15) is 4.99 Å². The summed E-state index contributed by atoms with van der Waals surface area (Å²) >= 11 is 5.84. The first kappa shape index (κ1) is 5.56. The number of isothiocyanates is 1. The standard InChI is InChI=1S/C4H2N2S2/c7-2-5-4-1-8-3-6-4/h1,3H. The molecule has 1 heterocycles. The first-order valence-corrected chi connectivity index (χ1v) is 3.24. The van der Waals surface area contributed by atoms with Crippen molar-refractivity contribution < 1.29 is 0 Å². The summed E-state index contributed by atoms with van der Waals surface area (Å²) in [5, 5.41) is 4.03. The topological polar surface area (TPSA) is 25.2 Å². The van der Waals surface area contributed by atoms with Crippen molar-refractivity contribution in [3.05, 3.63) is 10.9 Å². The number of rotatable bonds is 1. The van der Waals surface area contributed by atoms with Gasteiger partial charge in [0.1, 0.15) is 0 Å². The molecule has 40 valence electrons. The van der Waals surface area contributed by atoms with Crippen molar-refractivity contribution in [2.45, 2.75) is 0 Å². The van der Waals surface area contributed by atoms with E-state index in [0.29, 0.717) is 5.82 Å². The highest BCUT2D eigenvalue weighted by Crippen LogP contribution is 2.08. The van der Waals surface area contributed by atoms with E-state index in [1.807, 2.05) is 0 Å². The van der Waals surface area contributed by atoms with E-state index in [4.69, 9.17) is 0 Å². The average Bonchev–Trinajstić information content (AvgIpc) is 2.19. The van der Waals surface area contributed by atoms with Crippen LogP contribution in [0.3, 0.4) is 0 Å². The van der Waals surface area contributed by atoms with Gasteiger partial charge in [0, 0.05) is 5.38 Å². The minimum atomic E-state index is 0.644. The third kappa shape index (κ3) is 1.20. The zero-order valence-electron chi connectivity index (χ0n) is 3.87. The normalized spacial score (nSPS) is 8.00. The van der Waals surface area contributed by atoms with Gasteiger partial charge >= 0.3 is 0 Å². The Kier molecular flexibility index (Phi) is 1.86. The molecule has 0 spiro atoms. The summed E-state index contributed by atoms with van der Waals surface area (Å²) in [6.07, 6.45) is 0. The molecule has 2 nitrogen and oxygen atoms in total. The van der Waals surface area contributed by atoms with Gasteiger partial charge in [-0.15, -0.1) is 11.3 Å². The SMILES string of the molecule is S=C=Nc1cscn1. The van der Waals surface area contributed by atoms with Crippen LogP contribution in [0.2, 0.25) is 0 Å². The van der Waals surface area contributed by atoms with Crippen LogP contribution < -0.4 is 0 Å². The van der Waals surface area contributed by atoms with E-state index in [9.17, 15) is 0 Å². The van der Waals surface area contributed by atoms with Crippen molar-refractivity contribution in [2.75, 3.05) is 0 Å². The third-order valence-electron chi connectivity index (χ3n) is 0.579. The van der Waals surface area contributed by atoms with E-state index in [1.165, 1.54) is 11.3 Å². The van der Waals surface area contributed by atoms with Crippen molar-refractivity contribution in [3.63, 3.8) is 0 Å². The summed E-state index contributed by atoms with van der Waals surface area (Å²) in [7, 11) is 0. The summed E-state index contributed by atoms with van der Waals surface area (Å²) in [6.45, 7) is 0. The van der Waals surface area contributed by atoms with Crippen LogP contribution in [0.5, 0.6) is 0 Å². The Morgan fingerprint density at radius 1 is 1.88 bits per heavy atom. The molecular weight excluding hydrogens is 140 g/mol. The number of thiazole rings is 1. The lowest BCUT2D eigenvalue weighted by Crippen LogP contribution is -1.54. The van der Waals surface area contributed by atoms with Gasteiger partial charge in [0.15, 0.2) is 5.82 Å². The van der Waals surface area contributed by atoms with E-state index in [0.717, 1.165) is 0 Å². The van der Waals surface area contributed by atoms with Gasteiger partial charge in [-0.1, -0.05) is 0 Å². The van der Waals surface area contributed by atoms with Crippen molar-refractivity contribution in [2.24, 2.45) is 4.99 Å². The molecule has 0 aromatic carbocycles. The Hall–Kier alpha value is -0.570. The van der Waals surface area contributed by atoms with Gasteiger partial charge in [0.25, 0.3) is 0 Å². The molecule has 1 aromatic heterocycles. The molecule has 0 unspecified atom stereocenters. The van der Waals surface area contributed by atoms with Crippen LogP contribution in [-0.2, 0) is 0 Å². The lowest BCUT2D eigenvalue weighted by molar-refractivity contribution is 1.36. The molecule has 0 N–H and O–H groups in total. The Labute approximate surface area is 55.9 Å². The average molecular weight is 142 g/mol. The maximum absolute atomic E-state index is 4.35. The van der Waals surface area contributed by atoms with Crippen LogP contribution in [0.15, 0.2) is 15.9 Å². The van der Waals surface area contributed by atoms with Crippen molar-refractivity contribution in [1.82, 2.24) is 4.98 Å². The molecular formula is C4H2N2S2. The highest BCUT2D eigenvalue weighted by atomic mass is 32.1. The van der Waals surface area contributed by atoms with Crippen LogP contribution in [0.1, 0.15) is 0 Å². The fraction of sp³-hybridized carbons (Fsp3) is 0. The number of thiocarbonyl (C=S) groups is 1. The summed E-state index contributed by atoms with van der Waals surface area (Å²) in [5.41, 5.74) is 1.70. The van der Waals surface area contributed by atoms with E-state index >= 15 is 0 Å². The van der Waals surface area contributed by atoms with Crippen LogP contribution in [0, 0.1) is 0 Å². The second kappa shape index (κ2) is 2.67. The molecule has 1 rings (SSSR count). The number of hydrogen-bond acceptors (Lipinski definition) is 4. The van der Waals surface area contributed by atoms with Gasteiger partial charge in [0.2, 0.25) is 0 Å². The van der Waals surface area contributed by atoms with Crippen molar-refractivity contribution in [3.8, 4) is 0 Å². The quantitative estimate of drug-likeness (QED) is 0.442. The van der Waals surface area contributed by atoms with Crippen LogP contribution >= 0.6 is 23.6 Å². The number of aromatic nitrogens is 1. The fourth-order valence-electron chi connectivity index (χ4n) is 0.308. The molecule has 0 bridgehead atoms. The predicted octanol–water partition coefficient (Wildman–Crippen LogP) is 1.88. The monoisotopic (exact) mass is 142 g/mol. The Morgan fingerprint density at radius 2 is 2.75 bits per heavy atom. The van der Waals surface area contributed by atoms with Gasteiger partial charge in [-0.25, -0.2) is 4.98 Å². The summed E-state index contributed by atoms with van der Waals surface area (Å²) < 4.78 is 0. The minimum Gasteiger partial charge on any atom is -0.225 e. The predicted molar refractivity (Wildman–Crippen MR) is 36.8 cm³/mol. The van der Waals surface area contributed by atoms with Crippen molar-refractivity contribution >= 4 is 34.5 Å². The summed E-state index contributed by atoms with van der Waals surface area (Å²) in [5.74, 6) is 0.644. The van der Waals surface area contributed by atoms with Gasteiger partial charge in [-0.3, -0.25) is 0 Å². The van der Waals surface area contributed by atoms with Gasteiger partial charge in [-0.05, 0) is 12.2 Å². The number of aliphatic imine (C=N–C) groups is 1. The van der Waals surface area contributed by atoms with Crippen molar-refractivity contribution in [1.29, 1.82) is 0 Å². The maximum Gasteiger partial charge on any atom is 0.173 e. The maximum atomic E-state index is 4.35. The molecule has 0 saturated heterocycles. The molecule has 0 fully saturated rings. The van der Waals surface area contributed by atoms with E-state index in [2.05, 4.69) is 27.4 Å². The first-order valence-electron chi connectivity index (χ1n) is 1.89. The van der Waals surface area contributed by atoms with E-state index in [-0.39, 0.29) is 0 Å². The highest BCUT2D eigenvalue weighted by molar-refractivity contribution is 7.78. The number of nitrogens with zero attached hydrogens (tertiary/aromatic N) is 2. The molecule has 0 amide bonds. The summed E-state index contributed by atoms with van der Waals surface area (Å²) in [6, 6.07) is 0. The molecule has 1 aromatic rings. The molecule has 0 aliphatic rings. The second-order valence-corrected chi connectivity index (χ2v) is 1.95. The summed E-state index contributed by atoms with van der Waals surface area (Å²) in [4.78, 5) is 7.46. The molecule has 8 heavy (non-hydrogen) atoms. The lowest BCUT2D eigenvalue weighted by atomic mass is 10.8. The Balaban J connectivity index is 2.93. The van der Waals surface area contributed by atoms with Crippen LogP contribution in [0.25, 0.3) is 0 Å². The minimum absolute atomic E-state index is 0.644.